The number of nitro groups is 1. The number of hydrogen-bond acceptors (Lipinski definition) is 9. The Bertz CT molecular complexity index is 1010. The summed E-state index contributed by atoms with van der Waals surface area (Å²) in [5, 5.41) is 17.4. The zero-order valence-corrected chi connectivity index (χ0v) is 17.6. The number of rotatable bonds is 8. The third-order valence-electron chi connectivity index (χ3n) is 5.22. The van der Waals surface area contributed by atoms with Crippen LogP contribution >= 0.6 is 0 Å². The fourth-order valence-electron chi connectivity index (χ4n) is 3.54. The molecule has 1 aliphatic carbocycles. The molecule has 1 fully saturated rings. The predicted octanol–water partition coefficient (Wildman–Crippen LogP) is 2.33. The average molecular weight is 435 g/mol. The van der Waals surface area contributed by atoms with Gasteiger partial charge in [-0.3, -0.25) is 10.1 Å². The summed E-state index contributed by atoms with van der Waals surface area (Å²) in [6, 6.07) is 6.86. The molecule has 10 nitrogen and oxygen atoms in total. The highest BCUT2D eigenvalue weighted by Crippen LogP contribution is 2.26. The fraction of sp³-hybridized carbons (Fsp3) is 0.474. The molecule has 0 saturated heterocycles. The van der Waals surface area contributed by atoms with Gasteiger partial charge in [0.1, 0.15) is 6.20 Å². The van der Waals surface area contributed by atoms with Crippen LogP contribution in [0.5, 0.6) is 0 Å². The summed E-state index contributed by atoms with van der Waals surface area (Å²) >= 11 is 0. The molecule has 162 valence electrons. The summed E-state index contributed by atoms with van der Waals surface area (Å²) in [6.45, 7) is 0.738. The molecule has 1 heterocycles. The zero-order chi connectivity index (χ0) is 21.7. The maximum atomic E-state index is 11.9. The molecule has 4 N–H and O–H groups in total. The van der Waals surface area contributed by atoms with Gasteiger partial charge in [-0.1, -0.05) is 18.2 Å². The topological polar surface area (TPSA) is 153 Å². The van der Waals surface area contributed by atoms with E-state index in [1.807, 2.05) is 0 Å². The summed E-state index contributed by atoms with van der Waals surface area (Å²) in [5.74, 6) is 0.707. The van der Waals surface area contributed by atoms with E-state index >= 15 is 0 Å². The van der Waals surface area contributed by atoms with Crippen LogP contribution < -0.4 is 16.4 Å². The van der Waals surface area contributed by atoms with Gasteiger partial charge >= 0.3 is 5.69 Å². The molecule has 0 unspecified atom stereocenters. The molecule has 1 aromatic carbocycles. The van der Waals surface area contributed by atoms with Gasteiger partial charge < -0.3 is 16.4 Å². The standard InChI is InChI=1S/C19H26N6O4S/c1-30(28,29)17-5-3-2-4-14(17)11-22-19-23-12-16(25(26)27)18(24-19)21-10-13-6-8-15(20)9-7-13/h2-5,12-13,15H,6-11,20H2,1H3,(H2,21,22,23,24)/t13-,15-. The van der Waals surface area contributed by atoms with Gasteiger partial charge in [-0.05, 0) is 43.2 Å². The van der Waals surface area contributed by atoms with Gasteiger partial charge in [-0.15, -0.1) is 0 Å². The van der Waals surface area contributed by atoms with Gasteiger partial charge in [0, 0.05) is 25.4 Å². The molecule has 11 heteroatoms. The van der Waals surface area contributed by atoms with Gasteiger partial charge in [-0.25, -0.2) is 13.4 Å². The SMILES string of the molecule is CS(=O)(=O)c1ccccc1CNc1ncc([N+](=O)[O-])c(NC[C@H]2CC[C@H](N)CC2)n1. The maximum absolute atomic E-state index is 11.9. The predicted molar refractivity (Wildman–Crippen MR) is 114 cm³/mol. The van der Waals surface area contributed by atoms with Crippen molar-refractivity contribution in [3.05, 3.63) is 46.1 Å². The van der Waals surface area contributed by atoms with Crippen molar-refractivity contribution in [1.82, 2.24) is 9.97 Å². The van der Waals surface area contributed by atoms with E-state index in [0.717, 1.165) is 38.1 Å². The normalized spacial score (nSPS) is 19.3. The molecule has 0 amide bonds. The Morgan fingerprint density at radius 1 is 1.20 bits per heavy atom. The van der Waals surface area contributed by atoms with Crippen LogP contribution in [0, 0.1) is 16.0 Å². The summed E-state index contributed by atoms with van der Waals surface area (Å²) in [4.78, 5) is 19.3. The summed E-state index contributed by atoms with van der Waals surface area (Å²) in [7, 11) is -3.38. The molecule has 1 aliphatic rings. The monoisotopic (exact) mass is 434 g/mol. The molecular formula is C19H26N6O4S. The van der Waals surface area contributed by atoms with Crippen molar-refractivity contribution >= 4 is 27.3 Å². The van der Waals surface area contributed by atoms with Gasteiger partial charge in [0.15, 0.2) is 9.84 Å². The molecule has 0 spiro atoms. The van der Waals surface area contributed by atoms with Gasteiger partial charge in [-0.2, -0.15) is 4.98 Å². The van der Waals surface area contributed by atoms with E-state index < -0.39 is 14.8 Å². The number of nitrogens with two attached hydrogens (primary N) is 1. The number of benzene rings is 1. The number of nitrogens with zero attached hydrogens (tertiary/aromatic N) is 3. The third-order valence-corrected chi connectivity index (χ3v) is 6.42. The van der Waals surface area contributed by atoms with E-state index in [-0.39, 0.29) is 34.9 Å². The summed E-state index contributed by atoms with van der Waals surface area (Å²) in [6.07, 6.45) is 6.14. The molecule has 0 atom stereocenters. The minimum Gasteiger partial charge on any atom is -0.364 e. The lowest BCUT2D eigenvalue weighted by molar-refractivity contribution is -0.384. The van der Waals surface area contributed by atoms with Crippen LogP contribution in [0.15, 0.2) is 35.4 Å². The van der Waals surface area contributed by atoms with Gasteiger partial charge in [0.05, 0.1) is 9.82 Å². The second kappa shape index (κ2) is 9.35. The second-order valence-corrected chi connectivity index (χ2v) is 9.56. The number of aromatic nitrogens is 2. The highest BCUT2D eigenvalue weighted by atomic mass is 32.2. The van der Waals surface area contributed by atoms with Crippen molar-refractivity contribution in [2.24, 2.45) is 11.7 Å². The molecule has 1 aromatic heterocycles. The van der Waals surface area contributed by atoms with Crippen LogP contribution in [-0.2, 0) is 16.4 Å². The molecule has 0 aliphatic heterocycles. The van der Waals surface area contributed by atoms with Crippen molar-refractivity contribution in [3.8, 4) is 0 Å². The molecule has 3 rings (SSSR count). The van der Waals surface area contributed by atoms with Gasteiger partial charge in [0.2, 0.25) is 11.8 Å². The van der Waals surface area contributed by atoms with E-state index in [4.69, 9.17) is 5.73 Å². The van der Waals surface area contributed by atoms with E-state index in [0.29, 0.717) is 18.0 Å². The number of anilines is 2. The molecule has 30 heavy (non-hydrogen) atoms. The Morgan fingerprint density at radius 3 is 2.57 bits per heavy atom. The van der Waals surface area contributed by atoms with Crippen LogP contribution in [0.25, 0.3) is 0 Å². The first-order valence-electron chi connectivity index (χ1n) is 9.76. The van der Waals surface area contributed by atoms with Crippen LogP contribution in [0.2, 0.25) is 0 Å². The lowest BCUT2D eigenvalue weighted by Crippen LogP contribution is -2.29. The average Bonchev–Trinajstić information content (AvgIpc) is 2.71. The summed E-state index contributed by atoms with van der Waals surface area (Å²) < 4.78 is 23.9. The molecule has 1 saturated carbocycles. The lowest BCUT2D eigenvalue weighted by Gasteiger charge is -2.26. The minimum absolute atomic E-state index is 0.142. The van der Waals surface area contributed by atoms with Crippen LogP contribution in [-0.4, -0.2) is 42.2 Å². The fourth-order valence-corrected chi connectivity index (χ4v) is 4.49. The Kier molecular flexibility index (Phi) is 6.83. The van der Waals surface area contributed by atoms with Crippen LogP contribution in [0.3, 0.4) is 0 Å². The molecule has 0 radical (unpaired) electrons. The van der Waals surface area contributed by atoms with E-state index in [1.165, 1.54) is 6.07 Å². The first-order valence-corrected chi connectivity index (χ1v) is 11.7. The van der Waals surface area contributed by atoms with Crippen molar-refractivity contribution in [2.45, 2.75) is 43.2 Å². The third kappa shape index (κ3) is 5.63. The highest BCUT2D eigenvalue weighted by molar-refractivity contribution is 7.90. The van der Waals surface area contributed by atoms with Crippen LogP contribution in [0.1, 0.15) is 31.2 Å². The minimum atomic E-state index is -3.38. The Morgan fingerprint density at radius 2 is 1.90 bits per heavy atom. The Hall–Kier alpha value is -2.79. The smallest absolute Gasteiger partial charge is 0.329 e. The molecule has 2 aromatic rings. The van der Waals surface area contributed by atoms with Crippen molar-refractivity contribution in [1.29, 1.82) is 0 Å². The maximum Gasteiger partial charge on any atom is 0.329 e. The largest absolute Gasteiger partial charge is 0.364 e. The molecule has 0 bridgehead atoms. The zero-order valence-electron chi connectivity index (χ0n) is 16.7. The summed E-state index contributed by atoms with van der Waals surface area (Å²) in [5.41, 5.74) is 6.29. The van der Waals surface area contributed by atoms with Crippen molar-refractivity contribution in [3.63, 3.8) is 0 Å². The molecular weight excluding hydrogens is 408 g/mol. The first-order chi connectivity index (χ1) is 14.2. The lowest BCUT2D eigenvalue weighted by atomic mass is 9.86. The van der Waals surface area contributed by atoms with Crippen LogP contribution in [0.4, 0.5) is 17.5 Å². The van der Waals surface area contributed by atoms with Gasteiger partial charge in [0.25, 0.3) is 0 Å². The second-order valence-electron chi connectivity index (χ2n) is 7.58. The van der Waals surface area contributed by atoms with Crippen molar-refractivity contribution < 1.29 is 13.3 Å². The van der Waals surface area contributed by atoms with E-state index in [2.05, 4.69) is 20.6 Å². The number of nitrogens with one attached hydrogen (secondary N) is 2. The van der Waals surface area contributed by atoms with Crippen molar-refractivity contribution in [2.75, 3.05) is 23.4 Å². The van der Waals surface area contributed by atoms with E-state index in [1.54, 1.807) is 18.2 Å². The quantitative estimate of drug-likeness (QED) is 0.419. The number of hydrogen-bond donors (Lipinski definition) is 3. The highest BCUT2D eigenvalue weighted by Gasteiger charge is 2.22. The Balaban J connectivity index is 1.72. The van der Waals surface area contributed by atoms with E-state index in [9.17, 15) is 18.5 Å². The first kappa shape index (κ1) is 21.9. The number of sulfone groups is 1. The Labute approximate surface area is 175 Å².